The van der Waals surface area contributed by atoms with Gasteiger partial charge in [0, 0.05) is 5.69 Å². The summed E-state index contributed by atoms with van der Waals surface area (Å²) in [6, 6.07) is 41.0. The Morgan fingerprint density at radius 3 is 1.71 bits per heavy atom. The molecular formula is C27H21N. The van der Waals surface area contributed by atoms with E-state index >= 15 is 0 Å². The molecule has 0 aliphatic heterocycles. The minimum absolute atomic E-state index is 0.0898. The molecule has 0 saturated carbocycles. The Morgan fingerprint density at radius 2 is 1.00 bits per heavy atom. The molecule has 1 heteroatoms. The van der Waals surface area contributed by atoms with Gasteiger partial charge in [-0.15, -0.1) is 0 Å². The molecule has 0 aliphatic rings. The minimum atomic E-state index is 0.0898. The summed E-state index contributed by atoms with van der Waals surface area (Å²) >= 11 is 0. The first kappa shape index (κ1) is 16.6. The molecule has 1 unspecified atom stereocenters. The summed E-state index contributed by atoms with van der Waals surface area (Å²) in [6.45, 7) is 0. The molecule has 134 valence electrons. The first-order valence-electron chi connectivity index (χ1n) is 9.66. The van der Waals surface area contributed by atoms with Crippen molar-refractivity contribution in [1.29, 1.82) is 0 Å². The monoisotopic (exact) mass is 359 g/mol. The number of nitrogens with one attached hydrogen (secondary N) is 1. The van der Waals surface area contributed by atoms with E-state index in [-0.39, 0.29) is 6.04 Å². The van der Waals surface area contributed by atoms with Crippen LogP contribution in [0.25, 0.3) is 21.5 Å². The highest BCUT2D eigenvalue weighted by atomic mass is 14.9. The standard InChI is InChI=1S/C27H21N/c1-2-10-22(11-3-1)27(25-15-14-20-8-4-6-12-23(20)18-25)28-26-17-16-21-9-5-7-13-24(21)19-26/h1-19,27-28H. The van der Waals surface area contributed by atoms with Crippen molar-refractivity contribution in [2.24, 2.45) is 0 Å². The SMILES string of the molecule is c1ccc(C(Nc2ccc3ccccc3c2)c2ccc3ccccc3c2)cc1. The van der Waals surface area contributed by atoms with Crippen molar-refractivity contribution < 1.29 is 0 Å². The number of rotatable bonds is 4. The highest BCUT2D eigenvalue weighted by molar-refractivity contribution is 5.86. The van der Waals surface area contributed by atoms with Gasteiger partial charge in [-0.25, -0.2) is 0 Å². The second-order valence-electron chi connectivity index (χ2n) is 7.16. The van der Waals surface area contributed by atoms with E-state index in [0.717, 1.165) is 5.69 Å². The van der Waals surface area contributed by atoms with Gasteiger partial charge in [-0.2, -0.15) is 0 Å². The predicted molar refractivity (Wildman–Crippen MR) is 120 cm³/mol. The van der Waals surface area contributed by atoms with E-state index in [4.69, 9.17) is 0 Å². The van der Waals surface area contributed by atoms with Crippen molar-refractivity contribution in [2.45, 2.75) is 6.04 Å². The summed E-state index contributed by atoms with van der Waals surface area (Å²) in [5.74, 6) is 0. The third-order valence-corrected chi connectivity index (χ3v) is 5.30. The van der Waals surface area contributed by atoms with E-state index < -0.39 is 0 Å². The normalized spacial score (nSPS) is 12.1. The molecule has 1 nitrogen and oxygen atoms in total. The fraction of sp³-hybridized carbons (Fsp3) is 0.0370. The fourth-order valence-corrected chi connectivity index (χ4v) is 3.84. The third-order valence-electron chi connectivity index (χ3n) is 5.30. The van der Waals surface area contributed by atoms with Crippen LogP contribution in [0.15, 0.2) is 115 Å². The van der Waals surface area contributed by atoms with Crippen LogP contribution >= 0.6 is 0 Å². The van der Waals surface area contributed by atoms with Crippen LogP contribution in [0.3, 0.4) is 0 Å². The summed E-state index contributed by atoms with van der Waals surface area (Å²) in [5, 5.41) is 8.81. The Morgan fingerprint density at radius 1 is 0.429 bits per heavy atom. The molecule has 0 spiro atoms. The first-order chi connectivity index (χ1) is 13.9. The van der Waals surface area contributed by atoms with E-state index in [1.54, 1.807) is 0 Å². The van der Waals surface area contributed by atoms with Crippen molar-refractivity contribution in [3.8, 4) is 0 Å². The van der Waals surface area contributed by atoms with Gasteiger partial charge in [0.1, 0.15) is 0 Å². The van der Waals surface area contributed by atoms with E-state index in [0.29, 0.717) is 0 Å². The lowest BCUT2D eigenvalue weighted by molar-refractivity contribution is 0.942. The van der Waals surface area contributed by atoms with Crippen molar-refractivity contribution >= 4 is 27.2 Å². The van der Waals surface area contributed by atoms with Gasteiger partial charge in [0.05, 0.1) is 6.04 Å². The number of fused-ring (bicyclic) bond motifs is 2. The molecule has 1 atom stereocenters. The number of hydrogen-bond acceptors (Lipinski definition) is 1. The molecule has 5 aromatic rings. The summed E-state index contributed by atoms with van der Waals surface area (Å²) < 4.78 is 0. The average molecular weight is 359 g/mol. The van der Waals surface area contributed by atoms with Crippen LogP contribution in [0.4, 0.5) is 5.69 Å². The third kappa shape index (κ3) is 3.23. The van der Waals surface area contributed by atoms with Crippen molar-refractivity contribution in [1.82, 2.24) is 0 Å². The lowest BCUT2D eigenvalue weighted by Gasteiger charge is -2.22. The smallest absolute Gasteiger partial charge is 0.0767 e. The molecule has 0 saturated heterocycles. The molecule has 0 aliphatic carbocycles. The maximum Gasteiger partial charge on any atom is 0.0767 e. The van der Waals surface area contributed by atoms with Crippen molar-refractivity contribution in [3.05, 3.63) is 126 Å². The lowest BCUT2D eigenvalue weighted by atomic mass is 9.95. The zero-order valence-corrected chi connectivity index (χ0v) is 15.5. The summed E-state index contributed by atoms with van der Waals surface area (Å²) in [6.07, 6.45) is 0. The molecule has 28 heavy (non-hydrogen) atoms. The summed E-state index contributed by atoms with van der Waals surface area (Å²) in [5.41, 5.74) is 3.64. The van der Waals surface area contributed by atoms with Gasteiger partial charge in [-0.3, -0.25) is 0 Å². The molecular weight excluding hydrogens is 338 g/mol. The number of hydrogen-bond donors (Lipinski definition) is 1. The van der Waals surface area contributed by atoms with E-state index in [1.807, 2.05) is 0 Å². The van der Waals surface area contributed by atoms with Crippen LogP contribution in [0.5, 0.6) is 0 Å². The fourth-order valence-electron chi connectivity index (χ4n) is 3.84. The number of benzene rings is 5. The first-order valence-corrected chi connectivity index (χ1v) is 9.66. The van der Waals surface area contributed by atoms with Crippen LogP contribution < -0.4 is 5.32 Å². The predicted octanol–water partition coefficient (Wildman–Crippen LogP) is 7.19. The van der Waals surface area contributed by atoms with Crippen LogP contribution in [-0.4, -0.2) is 0 Å². The molecule has 0 amide bonds. The number of anilines is 1. The van der Waals surface area contributed by atoms with Crippen LogP contribution in [0, 0.1) is 0 Å². The highest BCUT2D eigenvalue weighted by Gasteiger charge is 2.14. The molecule has 1 N–H and O–H groups in total. The van der Waals surface area contributed by atoms with Crippen LogP contribution in [0.1, 0.15) is 17.2 Å². The zero-order chi connectivity index (χ0) is 18.8. The Balaban J connectivity index is 1.59. The molecule has 5 aromatic carbocycles. The maximum atomic E-state index is 3.77. The van der Waals surface area contributed by atoms with E-state index in [9.17, 15) is 0 Å². The summed E-state index contributed by atoms with van der Waals surface area (Å²) in [7, 11) is 0. The van der Waals surface area contributed by atoms with Crippen molar-refractivity contribution in [3.63, 3.8) is 0 Å². The quantitative estimate of drug-likeness (QED) is 0.358. The van der Waals surface area contributed by atoms with Crippen LogP contribution in [0.2, 0.25) is 0 Å². The second-order valence-corrected chi connectivity index (χ2v) is 7.16. The molecule has 0 radical (unpaired) electrons. The molecule has 0 bridgehead atoms. The topological polar surface area (TPSA) is 12.0 Å². The second kappa shape index (κ2) is 7.21. The molecule has 0 heterocycles. The summed E-state index contributed by atoms with van der Waals surface area (Å²) in [4.78, 5) is 0. The molecule has 0 fully saturated rings. The molecule has 0 aromatic heterocycles. The van der Waals surface area contributed by atoms with Gasteiger partial charge >= 0.3 is 0 Å². The van der Waals surface area contributed by atoms with Gasteiger partial charge in [-0.05, 0) is 50.9 Å². The van der Waals surface area contributed by atoms with Gasteiger partial charge in [0.15, 0.2) is 0 Å². The average Bonchev–Trinajstić information content (AvgIpc) is 2.77. The van der Waals surface area contributed by atoms with Gasteiger partial charge in [-0.1, -0.05) is 97.1 Å². The maximum absolute atomic E-state index is 3.77. The Hall–Kier alpha value is -3.58. The van der Waals surface area contributed by atoms with E-state index in [2.05, 4.69) is 121 Å². The Kier molecular flexibility index (Phi) is 4.27. The Bertz CT molecular complexity index is 1240. The Labute approximate surface area is 165 Å². The van der Waals surface area contributed by atoms with E-state index in [1.165, 1.54) is 32.7 Å². The van der Waals surface area contributed by atoms with Gasteiger partial charge < -0.3 is 5.32 Å². The van der Waals surface area contributed by atoms with Gasteiger partial charge in [0.25, 0.3) is 0 Å². The minimum Gasteiger partial charge on any atom is -0.374 e. The molecule has 5 rings (SSSR count). The van der Waals surface area contributed by atoms with Crippen molar-refractivity contribution in [2.75, 3.05) is 5.32 Å². The lowest BCUT2D eigenvalue weighted by Crippen LogP contribution is -2.12. The van der Waals surface area contributed by atoms with Gasteiger partial charge in [0.2, 0.25) is 0 Å². The van der Waals surface area contributed by atoms with Crippen LogP contribution in [-0.2, 0) is 0 Å². The zero-order valence-electron chi connectivity index (χ0n) is 15.5. The highest BCUT2D eigenvalue weighted by Crippen LogP contribution is 2.30. The largest absolute Gasteiger partial charge is 0.374 e.